The van der Waals surface area contributed by atoms with E-state index < -0.39 is 0 Å². The molecular weight excluding hydrogens is 239 g/mol. The number of rotatable bonds is 6. The van der Waals surface area contributed by atoms with Crippen molar-refractivity contribution in [3.8, 4) is 0 Å². The molecule has 0 unspecified atom stereocenters. The molecule has 2 heterocycles. The summed E-state index contributed by atoms with van der Waals surface area (Å²) in [6, 6.07) is 4.03. The number of nitrogens with zero attached hydrogens (tertiary/aromatic N) is 2. The highest BCUT2D eigenvalue weighted by Crippen LogP contribution is 2.05. The van der Waals surface area contributed by atoms with E-state index in [0.29, 0.717) is 0 Å². The van der Waals surface area contributed by atoms with Crippen LogP contribution in [0.15, 0.2) is 18.3 Å². The Kier molecular flexibility index (Phi) is 5.82. The van der Waals surface area contributed by atoms with Crippen molar-refractivity contribution < 1.29 is 9.76 Å². The molecule has 1 saturated heterocycles. The Morgan fingerprint density at radius 1 is 1.37 bits per heavy atom. The second-order valence-electron chi connectivity index (χ2n) is 5.13. The highest BCUT2D eigenvalue weighted by atomic mass is 16.5. The van der Waals surface area contributed by atoms with Crippen molar-refractivity contribution in [2.45, 2.75) is 32.6 Å². The Bertz CT molecular complexity index is 366. The van der Waals surface area contributed by atoms with Gasteiger partial charge in [-0.1, -0.05) is 25.8 Å². The summed E-state index contributed by atoms with van der Waals surface area (Å²) in [4.78, 5) is 6.81. The maximum atomic E-state index is 10.00. The molecule has 0 aliphatic carbocycles. The second kappa shape index (κ2) is 7.63. The molecule has 1 N–H and O–H groups in total. The topological polar surface area (TPSA) is 45.6 Å². The quantitative estimate of drug-likeness (QED) is 0.774. The molecule has 5 heteroatoms. The van der Waals surface area contributed by atoms with Gasteiger partial charge in [0.1, 0.15) is 0 Å². The molecule has 1 aliphatic heterocycles. The molecule has 0 saturated carbocycles. The van der Waals surface area contributed by atoms with Crippen molar-refractivity contribution in [3.63, 3.8) is 0 Å². The van der Waals surface area contributed by atoms with Gasteiger partial charge in [0.05, 0.1) is 18.9 Å². The van der Waals surface area contributed by atoms with Crippen molar-refractivity contribution in [3.05, 3.63) is 24.0 Å². The molecule has 1 aromatic heterocycles. The lowest BCUT2D eigenvalue weighted by Gasteiger charge is -2.26. The average molecular weight is 262 g/mol. The highest BCUT2D eigenvalue weighted by Gasteiger charge is 2.15. The number of hydrogen-bond acceptors (Lipinski definition) is 4. The Morgan fingerprint density at radius 2 is 2.16 bits per heavy atom. The van der Waals surface area contributed by atoms with Crippen molar-refractivity contribution in [2.75, 3.05) is 26.3 Å². The summed E-state index contributed by atoms with van der Waals surface area (Å²) in [7, 11) is 0. The number of unbranched alkanes of at least 4 members (excludes halogenated alkanes) is 1. The Morgan fingerprint density at radius 3 is 2.79 bits per heavy atom. The van der Waals surface area contributed by atoms with Gasteiger partial charge in [-0.05, 0) is 17.8 Å². The van der Waals surface area contributed by atoms with E-state index in [1.807, 2.05) is 18.3 Å². The zero-order valence-corrected chi connectivity index (χ0v) is 11.7. The van der Waals surface area contributed by atoms with E-state index in [-0.39, 0.29) is 6.92 Å². The molecule has 1 fully saturated rings. The zero-order valence-electron chi connectivity index (χ0n) is 11.7. The van der Waals surface area contributed by atoms with Crippen LogP contribution in [0.25, 0.3) is 0 Å². The van der Waals surface area contributed by atoms with Gasteiger partial charge in [0, 0.05) is 25.8 Å². The number of hydrogen-bond donors (Lipinski definition) is 1. The van der Waals surface area contributed by atoms with Gasteiger partial charge in [0.25, 0.3) is 0 Å². The first-order valence-corrected chi connectivity index (χ1v) is 7.22. The van der Waals surface area contributed by atoms with Gasteiger partial charge >= 0.3 is 6.92 Å². The fourth-order valence-corrected chi connectivity index (χ4v) is 2.28. The van der Waals surface area contributed by atoms with Crippen LogP contribution >= 0.6 is 0 Å². The minimum Gasteiger partial charge on any atom is -0.446 e. The Balaban J connectivity index is 1.86. The van der Waals surface area contributed by atoms with Crippen molar-refractivity contribution >= 4 is 12.4 Å². The van der Waals surface area contributed by atoms with E-state index in [0.717, 1.165) is 63.2 Å². The summed E-state index contributed by atoms with van der Waals surface area (Å²) in [5, 5.41) is 10.00. The van der Waals surface area contributed by atoms with Gasteiger partial charge in [-0.2, -0.15) is 0 Å². The molecular formula is C14H23BN2O2. The number of morpholine rings is 1. The molecule has 1 aliphatic rings. The fraction of sp³-hybridized carbons (Fsp3) is 0.643. The predicted molar refractivity (Wildman–Crippen MR) is 77.7 cm³/mol. The van der Waals surface area contributed by atoms with Crippen LogP contribution in [0.1, 0.15) is 25.5 Å². The third-order valence-electron chi connectivity index (χ3n) is 3.55. The highest BCUT2D eigenvalue weighted by molar-refractivity contribution is 6.66. The molecule has 0 aromatic carbocycles. The zero-order chi connectivity index (χ0) is 13.5. The number of ether oxygens (including phenoxy) is 1. The van der Waals surface area contributed by atoms with Gasteiger partial charge in [0.2, 0.25) is 0 Å². The monoisotopic (exact) mass is 262 g/mol. The van der Waals surface area contributed by atoms with Gasteiger partial charge < -0.3 is 9.76 Å². The molecule has 0 amide bonds. The molecule has 4 nitrogen and oxygen atoms in total. The van der Waals surface area contributed by atoms with Crippen molar-refractivity contribution in [1.29, 1.82) is 0 Å². The van der Waals surface area contributed by atoms with Crippen molar-refractivity contribution in [1.82, 2.24) is 9.88 Å². The van der Waals surface area contributed by atoms with E-state index in [2.05, 4.69) is 16.8 Å². The number of pyridine rings is 1. The van der Waals surface area contributed by atoms with Crippen LogP contribution in [-0.4, -0.2) is 48.1 Å². The van der Waals surface area contributed by atoms with E-state index in [1.165, 1.54) is 0 Å². The van der Waals surface area contributed by atoms with Crippen LogP contribution in [-0.2, 0) is 11.3 Å². The molecule has 0 radical (unpaired) electrons. The van der Waals surface area contributed by atoms with Gasteiger partial charge in [0.15, 0.2) is 0 Å². The van der Waals surface area contributed by atoms with Crippen LogP contribution in [0, 0.1) is 0 Å². The summed E-state index contributed by atoms with van der Waals surface area (Å²) in [6.07, 6.45) is 4.80. The van der Waals surface area contributed by atoms with Crippen molar-refractivity contribution in [2.24, 2.45) is 0 Å². The van der Waals surface area contributed by atoms with E-state index >= 15 is 0 Å². The van der Waals surface area contributed by atoms with Gasteiger partial charge in [-0.3, -0.25) is 9.88 Å². The molecule has 2 rings (SSSR count). The van der Waals surface area contributed by atoms with Crippen LogP contribution < -0.4 is 5.46 Å². The summed E-state index contributed by atoms with van der Waals surface area (Å²) < 4.78 is 5.33. The molecule has 1 aromatic rings. The molecule has 104 valence electrons. The molecule has 0 bridgehead atoms. The van der Waals surface area contributed by atoms with Gasteiger partial charge in [-0.15, -0.1) is 0 Å². The minimum absolute atomic E-state index is 0.370. The third-order valence-corrected chi connectivity index (χ3v) is 3.55. The van der Waals surface area contributed by atoms with Crippen LogP contribution in [0.2, 0.25) is 6.32 Å². The SMILES string of the molecule is CCCCB(O)c1ccc(CN2CCOCC2)nc1. The first-order valence-electron chi connectivity index (χ1n) is 7.22. The summed E-state index contributed by atoms with van der Waals surface area (Å²) in [5.74, 6) is 0. The lowest BCUT2D eigenvalue weighted by molar-refractivity contribution is 0.0336. The van der Waals surface area contributed by atoms with Gasteiger partial charge in [-0.25, -0.2) is 0 Å². The van der Waals surface area contributed by atoms with Crippen LogP contribution in [0.3, 0.4) is 0 Å². The number of aromatic nitrogens is 1. The fourth-order valence-electron chi connectivity index (χ4n) is 2.28. The molecule has 0 spiro atoms. The largest absolute Gasteiger partial charge is 0.446 e. The second-order valence-corrected chi connectivity index (χ2v) is 5.13. The maximum absolute atomic E-state index is 10.00. The Labute approximate surface area is 115 Å². The van der Waals surface area contributed by atoms with E-state index in [9.17, 15) is 5.02 Å². The lowest BCUT2D eigenvalue weighted by Crippen LogP contribution is -2.36. The normalized spacial score (nSPS) is 16.5. The molecule has 0 atom stereocenters. The van der Waals surface area contributed by atoms with Crippen LogP contribution in [0.5, 0.6) is 0 Å². The third kappa shape index (κ3) is 4.60. The first-order chi connectivity index (χ1) is 9.29. The minimum atomic E-state index is -0.370. The predicted octanol–water partition coefficient (Wildman–Crippen LogP) is 0.905. The summed E-state index contributed by atoms with van der Waals surface area (Å²) in [6.45, 7) is 6.21. The standard InChI is InChI=1S/C14H23BN2O2/c1-2-3-6-15(18)13-4-5-14(16-11-13)12-17-7-9-19-10-8-17/h4-5,11,18H,2-3,6-10,12H2,1H3. The first kappa shape index (κ1) is 14.5. The average Bonchev–Trinajstić information content (AvgIpc) is 2.46. The molecule has 19 heavy (non-hydrogen) atoms. The maximum Gasteiger partial charge on any atom is 0.325 e. The Hall–Kier alpha value is -0.905. The summed E-state index contributed by atoms with van der Waals surface area (Å²) in [5.41, 5.74) is 1.99. The summed E-state index contributed by atoms with van der Waals surface area (Å²) >= 11 is 0. The van der Waals surface area contributed by atoms with Crippen LogP contribution in [0.4, 0.5) is 0 Å². The lowest BCUT2D eigenvalue weighted by atomic mass is 9.58. The van der Waals surface area contributed by atoms with E-state index in [1.54, 1.807) is 0 Å². The smallest absolute Gasteiger partial charge is 0.325 e. The van der Waals surface area contributed by atoms with E-state index in [4.69, 9.17) is 4.74 Å².